The minimum Gasteiger partial charge on any atom is -0.494 e. The monoisotopic (exact) mass is 399 g/mol. The van der Waals surface area contributed by atoms with Gasteiger partial charge in [-0.1, -0.05) is 42.5 Å². The first kappa shape index (κ1) is 22.4. The first-order chi connectivity index (χ1) is 14.0. The summed E-state index contributed by atoms with van der Waals surface area (Å²) in [4.78, 5) is 24.2. The van der Waals surface area contributed by atoms with E-state index < -0.39 is 24.0 Å². The number of esters is 1. The number of aliphatic carboxylic acids is 1. The van der Waals surface area contributed by atoms with E-state index >= 15 is 0 Å². The first-order valence-corrected chi connectivity index (χ1v) is 9.94. The smallest absolute Gasteiger partial charge is 0.323 e. The average molecular weight is 399 g/mol. The molecule has 6 nitrogen and oxygen atoms in total. The van der Waals surface area contributed by atoms with Crippen LogP contribution in [0.2, 0.25) is 0 Å². The van der Waals surface area contributed by atoms with Crippen LogP contribution in [0.4, 0.5) is 0 Å². The molecule has 2 aromatic carbocycles. The van der Waals surface area contributed by atoms with Crippen LogP contribution in [0.5, 0.6) is 5.75 Å². The Labute approximate surface area is 171 Å². The van der Waals surface area contributed by atoms with Gasteiger partial charge >= 0.3 is 11.9 Å². The number of hydrogen-bond acceptors (Lipinski definition) is 5. The van der Waals surface area contributed by atoms with E-state index in [0.29, 0.717) is 19.4 Å². The fourth-order valence-corrected chi connectivity index (χ4v) is 3.05. The molecule has 0 aliphatic heterocycles. The van der Waals surface area contributed by atoms with Crippen molar-refractivity contribution < 1.29 is 24.2 Å². The number of ether oxygens (including phenoxy) is 2. The Balaban J connectivity index is 2.06. The normalized spacial score (nSPS) is 12.8. The molecule has 0 bridgehead atoms. The summed E-state index contributed by atoms with van der Waals surface area (Å²) in [5.74, 6) is -0.697. The minimum atomic E-state index is -1.01. The van der Waals surface area contributed by atoms with E-state index in [9.17, 15) is 14.7 Å². The molecule has 2 aromatic rings. The lowest BCUT2D eigenvalue weighted by Gasteiger charge is -2.22. The highest BCUT2D eigenvalue weighted by molar-refractivity contribution is 5.79. The van der Waals surface area contributed by atoms with Gasteiger partial charge in [0.2, 0.25) is 0 Å². The zero-order valence-electron chi connectivity index (χ0n) is 17.0. The molecule has 29 heavy (non-hydrogen) atoms. The van der Waals surface area contributed by atoms with Gasteiger partial charge in [-0.15, -0.1) is 0 Å². The van der Waals surface area contributed by atoms with Crippen LogP contribution in [0.25, 0.3) is 0 Å². The van der Waals surface area contributed by atoms with E-state index in [4.69, 9.17) is 9.47 Å². The van der Waals surface area contributed by atoms with Gasteiger partial charge in [0.05, 0.1) is 13.2 Å². The topological polar surface area (TPSA) is 84.9 Å². The summed E-state index contributed by atoms with van der Waals surface area (Å²) in [5.41, 5.74) is 1.93. The fraction of sp³-hybridized carbons (Fsp3) is 0.391. The average Bonchev–Trinajstić information content (AvgIpc) is 2.72. The highest BCUT2D eigenvalue weighted by atomic mass is 16.5. The van der Waals surface area contributed by atoms with Crippen molar-refractivity contribution in [2.75, 3.05) is 13.2 Å². The molecule has 1 unspecified atom stereocenters. The number of carboxylic acids is 1. The van der Waals surface area contributed by atoms with Gasteiger partial charge in [0, 0.05) is 0 Å². The molecule has 0 aliphatic rings. The fourth-order valence-electron chi connectivity index (χ4n) is 3.05. The maximum absolute atomic E-state index is 12.4. The molecule has 0 amide bonds. The maximum Gasteiger partial charge on any atom is 0.323 e. The molecule has 0 aliphatic carbocycles. The van der Waals surface area contributed by atoms with Crippen LogP contribution < -0.4 is 10.1 Å². The summed E-state index contributed by atoms with van der Waals surface area (Å²) < 4.78 is 10.6. The summed E-state index contributed by atoms with van der Waals surface area (Å²) in [5, 5.41) is 12.7. The van der Waals surface area contributed by atoms with Crippen LogP contribution in [0, 0.1) is 0 Å². The van der Waals surface area contributed by atoms with Crippen LogP contribution in [0.1, 0.15) is 31.4 Å². The van der Waals surface area contributed by atoms with Crippen molar-refractivity contribution in [2.45, 2.75) is 45.2 Å². The van der Waals surface area contributed by atoms with E-state index in [1.807, 2.05) is 61.5 Å². The van der Waals surface area contributed by atoms with Crippen molar-refractivity contribution >= 4 is 11.9 Å². The summed E-state index contributed by atoms with van der Waals surface area (Å²) in [6.45, 7) is 4.46. The molecule has 0 heterocycles. The first-order valence-electron chi connectivity index (χ1n) is 9.94. The largest absolute Gasteiger partial charge is 0.494 e. The lowest BCUT2D eigenvalue weighted by Crippen LogP contribution is -2.49. The van der Waals surface area contributed by atoms with E-state index in [2.05, 4.69) is 5.32 Å². The second-order valence-corrected chi connectivity index (χ2v) is 6.67. The van der Waals surface area contributed by atoms with Gasteiger partial charge in [-0.3, -0.25) is 14.9 Å². The zero-order chi connectivity index (χ0) is 21.1. The van der Waals surface area contributed by atoms with Gasteiger partial charge in [-0.2, -0.15) is 0 Å². The highest BCUT2D eigenvalue weighted by Crippen LogP contribution is 2.14. The molecule has 0 aromatic heterocycles. The van der Waals surface area contributed by atoms with E-state index in [1.54, 1.807) is 6.92 Å². The number of rotatable bonds is 12. The number of carbonyl (C=O) groups excluding carboxylic acids is 1. The Morgan fingerprint density at radius 1 is 0.931 bits per heavy atom. The van der Waals surface area contributed by atoms with Crippen molar-refractivity contribution in [3.63, 3.8) is 0 Å². The lowest BCUT2D eigenvalue weighted by molar-refractivity contribution is -0.147. The molecule has 0 radical (unpaired) electrons. The molecular weight excluding hydrogens is 370 g/mol. The Morgan fingerprint density at radius 2 is 1.62 bits per heavy atom. The van der Waals surface area contributed by atoms with Gasteiger partial charge in [-0.05, 0) is 56.4 Å². The molecule has 2 N–H and O–H groups in total. The van der Waals surface area contributed by atoms with Crippen LogP contribution in [0.15, 0.2) is 54.6 Å². The molecular formula is C23H29NO5. The zero-order valence-corrected chi connectivity index (χ0v) is 17.0. The number of hydrogen-bond donors (Lipinski definition) is 2. The van der Waals surface area contributed by atoms with Gasteiger partial charge in [0.25, 0.3) is 0 Å². The Morgan fingerprint density at radius 3 is 2.21 bits per heavy atom. The van der Waals surface area contributed by atoms with Crippen molar-refractivity contribution in [3.05, 3.63) is 65.7 Å². The van der Waals surface area contributed by atoms with Crippen molar-refractivity contribution in [1.82, 2.24) is 5.32 Å². The molecule has 2 rings (SSSR count). The minimum absolute atomic E-state index is 0.249. The predicted molar refractivity (Wildman–Crippen MR) is 111 cm³/mol. The van der Waals surface area contributed by atoms with Crippen molar-refractivity contribution in [2.24, 2.45) is 0 Å². The number of aryl methyl sites for hydroxylation is 1. The Bertz CT molecular complexity index is 761. The van der Waals surface area contributed by atoms with Crippen LogP contribution >= 0.6 is 0 Å². The number of benzene rings is 2. The summed E-state index contributed by atoms with van der Waals surface area (Å²) in [6.07, 6.45) is 1.35. The van der Waals surface area contributed by atoms with E-state index in [1.165, 1.54) is 0 Å². The molecule has 0 saturated carbocycles. The van der Waals surface area contributed by atoms with Gasteiger partial charge in [0.1, 0.15) is 17.8 Å². The second kappa shape index (κ2) is 11.9. The van der Waals surface area contributed by atoms with E-state index in [0.717, 1.165) is 16.9 Å². The summed E-state index contributed by atoms with van der Waals surface area (Å²) in [7, 11) is 0. The molecule has 6 heteroatoms. The van der Waals surface area contributed by atoms with Crippen molar-refractivity contribution in [3.8, 4) is 5.75 Å². The third kappa shape index (κ3) is 7.58. The van der Waals surface area contributed by atoms with Crippen LogP contribution in [0.3, 0.4) is 0 Å². The van der Waals surface area contributed by atoms with E-state index in [-0.39, 0.29) is 13.0 Å². The van der Waals surface area contributed by atoms with Gasteiger partial charge < -0.3 is 14.6 Å². The Hall–Kier alpha value is -2.86. The molecule has 156 valence electrons. The SMILES string of the molecule is CCOC(=O)C(CCc1ccccc1)N[C@@H](Cc1ccc(OCC)cc1)C(=O)O. The number of nitrogens with one attached hydrogen (secondary N) is 1. The third-order valence-electron chi connectivity index (χ3n) is 4.51. The molecule has 2 atom stereocenters. The standard InChI is InChI=1S/C23H29NO5/c1-3-28-19-13-10-18(11-14-19)16-21(22(25)26)24-20(23(27)29-4-2)15-12-17-8-6-5-7-9-17/h5-11,13-14,20-21,24H,3-4,12,15-16H2,1-2H3,(H,25,26)/t20?,21-/m0/s1. The van der Waals surface area contributed by atoms with Crippen molar-refractivity contribution in [1.29, 1.82) is 0 Å². The summed E-state index contributed by atoms with van der Waals surface area (Å²) >= 11 is 0. The van der Waals surface area contributed by atoms with Crippen LogP contribution in [-0.2, 0) is 27.2 Å². The Kier molecular flexibility index (Phi) is 9.18. The molecule has 0 spiro atoms. The third-order valence-corrected chi connectivity index (χ3v) is 4.51. The quantitative estimate of drug-likeness (QED) is 0.533. The predicted octanol–water partition coefficient (Wildman–Crippen LogP) is 3.24. The summed E-state index contributed by atoms with van der Waals surface area (Å²) in [6, 6.07) is 15.5. The second-order valence-electron chi connectivity index (χ2n) is 6.67. The molecule has 0 saturated heterocycles. The number of carbonyl (C=O) groups is 2. The lowest BCUT2D eigenvalue weighted by atomic mass is 10.0. The maximum atomic E-state index is 12.4. The highest BCUT2D eigenvalue weighted by Gasteiger charge is 2.27. The molecule has 0 fully saturated rings. The number of carboxylic acid groups (broad SMARTS) is 1. The van der Waals surface area contributed by atoms with Gasteiger partial charge in [0.15, 0.2) is 0 Å². The van der Waals surface area contributed by atoms with Gasteiger partial charge in [-0.25, -0.2) is 0 Å². The van der Waals surface area contributed by atoms with Crippen LogP contribution in [-0.4, -0.2) is 42.3 Å².